The lowest BCUT2D eigenvalue weighted by Gasteiger charge is -2.13. The summed E-state index contributed by atoms with van der Waals surface area (Å²) >= 11 is 6.00. The molecule has 3 aromatic rings. The Hall–Kier alpha value is -3.25. The molecule has 146 valence electrons. The van der Waals surface area contributed by atoms with Crippen LogP contribution in [0.3, 0.4) is 0 Å². The van der Waals surface area contributed by atoms with Crippen molar-refractivity contribution in [3.8, 4) is 5.82 Å². The van der Waals surface area contributed by atoms with Crippen LogP contribution in [0.15, 0.2) is 53.7 Å². The van der Waals surface area contributed by atoms with Gasteiger partial charge in [-0.05, 0) is 62.2 Å². The fraction of sp³-hybridized carbons (Fsp3) is 0.182. The minimum atomic E-state index is -0.596. The van der Waals surface area contributed by atoms with E-state index in [0.717, 1.165) is 33.2 Å². The summed E-state index contributed by atoms with van der Waals surface area (Å²) < 4.78 is 2.03. The Kier molecular flexibility index (Phi) is 4.80. The number of anilines is 1. The van der Waals surface area contributed by atoms with Crippen LogP contribution in [0.2, 0.25) is 5.02 Å². The number of benzene rings is 1. The van der Waals surface area contributed by atoms with Gasteiger partial charge in [-0.15, -0.1) is 0 Å². The monoisotopic (exact) mass is 406 g/mol. The molecule has 0 unspecified atom stereocenters. The number of carbonyl (C=O) groups excluding carboxylic acids is 2. The van der Waals surface area contributed by atoms with Gasteiger partial charge in [-0.3, -0.25) is 4.79 Å². The molecule has 0 aliphatic carbocycles. The SMILES string of the molecule is Cc1ccc(-n2c(C)cc(CC3=NC(=O)N(c4cccc(Cl)c4)C3=O)c2C)nc1. The van der Waals surface area contributed by atoms with E-state index in [1.165, 1.54) is 0 Å². The number of pyridine rings is 1. The maximum atomic E-state index is 12.9. The summed E-state index contributed by atoms with van der Waals surface area (Å²) in [6.07, 6.45) is 2.09. The Morgan fingerprint density at radius 3 is 2.52 bits per heavy atom. The lowest BCUT2D eigenvalue weighted by Crippen LogP contribution is -2.33. The normalized spacial score (nSPS) is 13.9. The van der Waals surface area contributed by atoms with Crippen LogP contribution in [0.25, 0.3) is 5.82 Å². The molecule has 29 heavy (non-hydrogen) atoms. The summed E-state index contributed by atoms with van der Waals surface area (Å²) in [6, 6.07) is 12.0. The second-order valence-electron chi connectivity index (χ2n) is 7.06. The van der Waals surface area contributed by atoms with Crippen molar-refractivity contribution in [1.82, 2.24) is 9.55 Å². The van der Waals surface area contributed by atoms with Crippen molar-refractivity contribution >= 4 is 34.9 Å². The van der Waals surface area contributed by atoms with Crippen molar-refractivity contribution in [2.75, 3.05) is 4.90 Å². The van der Waals surface area contributed by atoms with E-state index < -0.39 is 11.9 Å². The molecule has 0 saturated carbocycles. The average molecular weight is 407 g/mol. The molecule has 1 aliphatic rings. The molecule has 0 saturated heterocycles. The van der Waals surface area contributed by atoms with Crippen molar-refractivity contribution in [3.05, 3.63) is 76.2 Å². The molecule has 1 aromatic carbocycles. The van der Waals surface area contributed by atoms with Gasteiger partial charge in [0.2, 0.25) is 0 Å². The Bertz CT molecular complexity index is 1160. The molecule has 3 heterocycles. The van der Waals surface area contributed by atoms with Gasteiger partial charge < -0.3 is 4.57 Å². The molecule has 4 rings (SSSR count). The number of imide groups is 1. The number of rotatable bonds is 4. The van der Waals surface area contributed by atoms with E-state index >= 15 is 0 Å². The van der Waals surface area contributed by atoms with Crippen LogP contribution < -0.4 is 4.90 Å². The Balaban J connectivity index is 1.63. The third kappa shape index (κ3) is 3.47. The predicted octanol–water partition coefficient (Wildman–Crippen LogP) is 4.60. The van der Waals surface area contributed by atoms with Gasteiger partial charge in [-0.2, -0.15) is 4.99 Å². The highest BCUT2D eigenvalue weighted by Gasteiger charge is 2.34. The van der Waals surface area contributed by atoms with Gasteiger partial charge in [0.05, 0.1) is 5.69 Å². The lowest BCUT2D eigenvalue weighted by atomic mass is 10.1. The first-order valence-corrected chi connectivity index (χ1v) is 9.55. The molecule has 3 amide bonds. The minimum Gasteiger partial charge on any atom is -0.303 e. The molecule has 0 bridgehead atoms. The molecule has 7 heteroatoms. The van der Waals surface area contributed by atoms with Crippen LogP contribution in [0.5, 0.6) is 0 Å². The third-order valence-corrected chi connectivity index (χ3v) is 5.19. The van der Waals surface area contributed by atoms with Gasteiger partial charge in [0, 0.05) is 29.0 Å². The number of nitrogens with zero attached hydrogens (tertiary/aromatic N) is 4. The number of amides is 3. The van der Waals surface area contributed by atoms with Gasteiger partial charge >= 0.3 is 6.03 Å². The molecule has 0 fully saturated rings. The topological polar surface area (TPSA) is 67.6 Å². The number of hydrogen-bond acceptors (Lipinski definition) is 3. The molecule has 6 nitrogen and oxygen atoms in total. The number of aliphatic imine (C=N–C) groups is 1. The zero-order valence-corrected chi connectivity index (χ0v) is 17.1. The first-order chi connectivity index (χ1) is 13.8. The number of urea groups is 1. The zero-order valence-electron chi connectivity index (χ0n) is 16.3. The van der Waals surface area contributed by atoms with Crippen molar-refractivity contribution in [1.29, 1.82) is 0 Å². The molecule has 0 spiro atoms. The molecule has 0 N–H and O–H groups in total. The standard InChI is InChI=1S/C22H19ClN4O2/c1-13-7-8-20(24-12-13)26-14(2)9-16(15(26)3)10-19-21(28)27(22(29)25-19)18-6-4-5-17(23)11-18/h4-9,11-12H,10H2,1-3H3. The fourth-order valence-electron chi connectivity index (χ4n) is 3.52. The maximum Gasteiger partial charge on any atom is 0.355 e. The minimum absolute atomic E-state index is 0.215. The van der Waals surface area contributed by atoms with E-state index in [9.17, 15) is 9.59 Å². The van der Waals surface area contributed by atoms with Gasteiger partial charge in [0.1, 0.15) is 11.5 Å². The molecule has 2 aromatic heterocycles. The quantitative estimate of drug-likeness (QED) is 0.635. The highest BCUT2D eigenvalue weighted by Crippen LogP contribution is 2.26. The maximum absolute atomic E-state index is 12.9. The Morgan fingerprint density at radius 1 is 1.03 bits per heavy atom. The summed E-state index contributed by atoms with van der Waals surface area (Å²) in [4.78, 5) is 34.8. The summed E-state index contributed by atoms with van der Waals surface area (Å²) in [6.45, 7) is 5.95. The van der Waals surface area contributed by atoms with Crippen LogP contribution in [0.4, 0.5) is 10.5 Å². The van der Waals surface area contributed by atoms with E-state index in [4.69, 9.17) is 11.6 Å². The highest BCUT2D eigenvalue weighted by molar-refractivity contribution is 6.54. The molecule has 1 aliphatic heterocycles. The van der Waals surface area contributed by atoms with Gasteiger partial charge in [0.25, 0.3) is 5.91 Å². The summed E-state index contributed by atoms with van der Waals surface area (Å²) in [7, 11) is 0. The summed E-state index contributed by atoms with van der Waals surface area (Å²) in [5, 5.41) is 0.450. The third-order valence-electron chi connectivity index (χ3n) is 4.96. The summed E-state index contributed by atoms with van der Waals surface area (Å²) in [5.74, 6) is 0.392. The molecule has 0 atom stereocenters. The number of hydrogen-bond donors (Lipinski definition) is 0. The van der Waals surface area contributed by atoms with Crippen LogP contribution in [0.1, 0.15) is 22.5 Å². The summed E-state index contributed by atoms with van der Waals surface area (Å²) in [5.41, 5.74) is 4.60. The van der Waals surface area contributed by atoms with Crippen molar-refractivity contribution in [2.45, 2.75) is 27.2 Å². The number of halogens is 1. The van der Waals surface area contributed by atoms with Gasteiger partial charge in [-0.25, -0.2) is 14.7 Å². The van der Waals surface area contributed by atoms with Crippen LogP contribution in [-0.2, 0) is 11.2 Å². The number of carbonyl (C=O) groups is 2. The first kappa shape index (κ1) is 19.1. The van der Waals surface area contributed by atoms with E-state index in [1.807, 2.05) is 49.7 Å². The number of aryl methyl sites for hydroxylation is 2. The molecule has 0 radical (unpaired) electrons. The van der Waals surface area contributed by atoms with Crippen molar-refractivity contribution < 1.29 is 9.59 Å². The van der Waals surface area contributed by atoms with Crippen molar-refractivity contribution in [3.63, 3.8) is 0 Å². The smallest absolute Gasteiger partial charge is 0.303 e. The Labute approximate surface area is 173 Å². The molecular formula is C22H19ClN4O2. The van der Waals surface area contributed by atoms with E-state index in [0.29, 0.717) is 10.7 Å². The van der Waals surface area contributed by atoms with E-state index in [2.05, 4.69) is 9.98 Å². The molecular weight excluding hydrogens is 388 g/mol. The fourth-order valence-corrected chi connectivity index (χ4v) is 3.71. The van der Waals surface area contributed by atoms with E-state index in [-0.39, 0.29) is 12.1 Å². The van der Waals surface area contributed by atoms with E-state index in [1.54, 1.807) is 24.3 Å². The number of aromatic nitrogens is 2. The Morgan fingerprint density at radius 2 is 1.83 bits per heavy atom. The largest absolute Gasteiger partial charge is 0.355 e. The van der Waals surface area contributed by atoms with Gasteiger partial charge in [-0.1, -0.05) is 23.7 Å². The van der Waals surface area contributed by atoms with Crippen LogP contribution in [-0.4, -0.2) is 27.2 Å². The second kappa shape index (κ2) is 7.29. The zero-order chi connectivity index (χ0) is 20.7. The van der Waals surface area contributed by atoms with Crippen LogP contribution in [0, 0.1) is 20.8 Å². The first-order valence-electron chi connectivity index (χ1n) is 9.17. The highest BCUT2D eigenvalue weighted by atomic mass is 35.5. The lowest BCUT2D eigenvalue weighted by molar-refractivity contribution is -0.111. The van der Waals surface area contributed by atoms with Crippen molar-refractivity contribution in [2.24, 2.45) is 4.99 Å². The predicted molar refractivity (Wildman–Crippen MR) is 113 cm³/mol. The average Bonchev–Trinajstić information content (AvgIpc) is 3.11. The van der Waals surface area contributed by atoms with Gasteiger partial charge in [0.15, 0.2) is 0 Å². The van der Waals surface area contributed by atoms with Crippen LogP contribution >= 0.6 is 11.6 Å². The second-order valence-corrected chi connectivity index (χ2v) is 7.50.